The van der Waals surface area contributed by atoms with Crippen LogP contribution in [-0.2, 0) is 22.6 Å². The van der Waals surface area contributed by atoms with Crippen LogP contribution in [-0.4, -0.2) is 24.2 Å². The van der Waals surface area contributed by atoms with Crippen LogP contribution in [0.15, 0.2) is 16.9 Å². The number of carbonyl (C=O) groups excluding carboxylic acids is 1. The number of rotatable bonds is 5. The molecule has 0 amide bonds. The quantitative estimate of drug-likeness (QED) is 0.750. The monoisotopic (exact) mass is 416 g/mol. The maximum absolute atomic E-state index is 12.2. The first kappa shape index (κ1) is 20.7. The van der Waals surface area contributed by atoms with E-state index in [1.54, 1.807) is 26.0 Å². The van der Waals surface area contributed by atoms with E-state index < -0.39 is 11.5 Å². The first-order chi connectivity index (χ1) is 13.9. The fourth-order valence-electron chi connectivity index (χ4n) is 3.25. The average molecular weight is 417 g/mol. The molecular weight excluding hydrogens is 396 g/mol. The van der Waals surface area contributed by atoms with Gasteiger partial charge in [0.2, 0.25) is 0 Å². The van der Waals surface area contributed by atoms with Gasteiger partial charge in [-0.1, -0.05) is 11.6 Å². The summed E-state index contributed by atoms with van der Waals surface area (Å²) in [6.07, 6.45) is 1.26. The Kier molecular flexibility index (Phi) is 6.45. The van der Waals surface area contributed by atoms with Crippen LogP contribution in [0.2, 0.25) is 5.02 Å². The first-order valence-electron chi connectivity index (χ1n) is 9.26. The van der Waals surface area contributed by atoms with E-state index in [2.05, 4.69) is 4.98 Å². The third kappa shape index (κ3) is 4.72. The third-order valence-electron chi connectivity index (χ3n) is 4.76. The van der Waals surface area contributed by atoms with E-state index in [1.165, 1.54) is 0 Å². The maximum atomic E-state index is 12.2. The molecule has 1 aliphatic heterocycles. The second-order valence-corrected chi connectivity index (χ2v) is 7.19. The Labute approximate surface area is 173 Å². The zero-order chi connectivity index (χ0) is 21.0. The minimum absolute atomic E-state index is 0.0578. The number of nitrogens with one attached hydrogen (secondary N) is 1. The lowest BCUT2D eigenvalue weighted by molar-refractivity contribution is -0.144. The topological polar surface area (TPSA) is 101 Å². The number of benzene rings is 1. The van der Waals surface area contributed by atoms with Gasteiger partial charge >= 0.3 is 5.97 Å². The van der Waals surface area contributed by atoms with Crippen molar-refractivity contribution in [1.29, 1.82) is 5.26 Å². The van der Waals surface area contributed by atoms with Gasteiger partial charge in [-0.15, -0.1) is 0 Å². The Hall–Kier alpha value is -2.98. The summed E-state index contributed by atoms with van der Waals surface area (Å²) >= 11 is 6.25. The summed E-state index contributed by atoms with van der Waals surface area (Å²) in [5.41, 5.74) is 2.37. The van der Waals surface area contributed by atoms with Gasteiger partial charge in [-0.2, -0.15) is 5.26 Å². The third-order valence-corrected chi connectivity index (χ3v) is 5.04. The van der Waals surface area contributed by atoms with Crippen molar-refractivity contribution in [3.05, 3.63) is 55.5 Å². The maximum Gasteiger partial charge on any atom is 0.306 e. The zero-order valence-electron chi connectivity index (χ0n) is 16.3. The van der Waals surface area contributed by atoms with Crippen molar-refractivity contribution in [3.8, 4) is 17.6 Å². The number of nitriles is 1. The van der Waals surface area contributed by atoms with Crippen LogP contribution in [0.25, 0.3) is 0 Å². The van der Waals surface area contributed by atoms with Crippen molar-refractivity contribution >= 4 is 17.6 Å². The molecule has 8 heteroatoms. The number of aromatic amines is 1. The normalized spacial score (nSPS) is 12.8. The van der Waals surface area contributed by atoms with Crippen molar-refractivity contribution in [2.75, 3.05) is 13.2 Å². The van der Waals surface area contributed by atoms with Gasteiger partial charge < -0.3 is 19.2 Å². The summed E-state index contributed by atoms with van der Waals surface area (Å²) in [5, 5.41) is 9.55. The van der Waals surface area contributed by atoms with Gasteiger partial charge in [-0.05, 0) is 49.1 Å². The predicted molar refractivity (Wildman–Crippen MR) is 106 cm³/mol. The number of halogens is 1. The zero-order valence-corrected chi connectivity index (χ0v) is 17.0. The molecule has 0 fully saturated rings. The van der Waals surface area contributed by atoms with Gasteiger partial charge in [0, 0.05) is 18.5 Å². The molecule has 1 aliphatic rings. The molecule has 2 aromatic rings. The smallest absolute Gasteiger partial charge is 0.306 e. The van der Waals surface area contributed by atoms with Crippen LogP contribution < -0.4 is 15.0 Å². The van der Waals surface area contributed by atoms with Gasteiger partial charge in [-0.25, -0.2) is 0 Å². The molecule has 0 saturated carbocycles. The van der Waals surface area contributed by atoms with Crippen LogP contribution in [0.5, 0.6) is 11.5 Å². The first-order valence-corrected chi connectivity index (χ1v) is 9.64. The van der Waals surface area contributed by atoms with Crippen LogP contribution in [0.4, 0.5) is 0 Å². The molecular formula is C21H21ClN2O5. The van der Waals surface area contributed by atoms with E-state index >= 15 is 0 Å². The highest BCUT2D eigenvalue weighted by molar-refractivity contribution is 6.32. The second kappa shape index (κ2) is 9.01. The van der Waals surface area contributed by atoms with Crippen molar-refractivity contribution in [1.82, 2.24) is 4.98 Å². The van der Waals surface area contributed by atoms with Gasteiger partial charge in [0.15, 0.2) is 11.5 Å². The molecule has 7 nitrogen and oxygen atoms in total. The molecule has 3 rings (SSSR count). The number of ether oxygens (including phenoxy) is 3. The van der Waals surface area contributed by atoms with E-state index in [0.29, 0.717) is 53.0 Å². The lowest BCUT2D eigenvalue weighted by Gasteiger charge is -2.13. The summed E-state index contributed by atoms with van der Waals surface area (Å²) in [5.74, 6) is 0.665. The van der Waals surface area contributed by atoms with E-state index in [4.69, 9.17) is 31.1 Å². The Morgan fingerprint density at radius 3 is 2.83 bits per heavy atom. The second-order valence-electron chi connectivity index (χ2n) is 6.79. The minimum Gasteiger partial charge on any atom is -0.489 e. The Morgan fingerprint density at radius 1 is 1.31 bits per heavy atom. The predicted octanol–water partition coefficient (Wildman–Crippen LogP) is 3.35. The number of hydrogen-bond donors (Lipinski definition) is 1. The molecule has 0 saturated heterocycles. The Balaban J connectivity index is 1.63. The molecule has 152 valence electrons. The molecule has 1 aromatic carbocycles. The molecule has 1 N–H and O–H groups in total. The highest BCUT2D eigenvalue weighted by Crippen LogP contribution is 2.38. The minimum atomic E-state index is -0.417. The van der Waals surface area contributed by atoms with E-state index in [1.807, 2.05) is 6.07 Å². The van der Waals surface area contributed by atoms with Gasteiger partial charge in [0.05, 0.1) is 18.2 Å². The Bertz CT molecular complexity index is 1040. The largest absolute Gasteiger partial charge is 0.489 e. The van der Waals surface area contributed by atoms with E-state index in [-0.39, 0.29) is 18.6 Å². The SMILES string of the molecule is Cc1[nH]c(=O)c(C#N)c(C)c1CCC(=O)OCc1cc(Cl)c2c(c1)OCCCO2. The highest BCUT2D eigenvalue weighted by Gasteiger charge is 2.17. The summed E-state index contributed by atoms with van der Waals surface area (Å²) in [6.45, 7) is 4.59. The fraction of sp³-hybridized carbons (Fsp3) is 0.381. The molecule has 0 radical (unpaired) electrons. The van der Waals surface area contributed by atoms with Crippen molar-refractivity contribution in [3.63, 3.8) is 0 Å². The summed E-state index contributed by atoms with van der Waals surface area (Å²) in [6, 6.07) is 5.36. The summed E-state index contributed by atoms with van der Waals surface area (Å²) in [4.78, 5) is 26.7. The molecule has 2 heterocycles. The number of H-pyrrole nitrogens is 1. The van der Waals surface area contributed by atoms with Crippen LogP contribution in [0, 0.1) is 25.2 Å². The number of aromatic nitrogens is 1. The van der Waals surface area contributed by atoms with E-state index in [9.17, 15) is 9.59 Å². The molecule has 0 unspecified atom stereocenters. The van der Waals surface area contributed by atoms with Crippen molar-refractivity contribution in [2.24, 2.45) is 0 Å². The molecule has 0 bridgehead atoms. The lowest BCUT2D eigenvalue weighted by Crippen LogP contribution is -2.17. The number of fused-ring (bicyclic) bond motifs is 1. The highest BCUT2D eigenvalue weighted by atomic mass is 35.5. The summed E-state index contributed by atoms with van der Waals surface area (Å²) < 4.78 is 16.6. The van der Waals surface area contributed by atoms with Gasteiger partial charge in [-0.3, -0.25) is 9.59 Å². The van der Waals surface area contributed by atoms with Crippen molar-refractivity contribution < 1.29 is 19.0 Å². The van der Waals surface area contributed by atoms with Crippen LogP contribution in [0.1, 0.15) is 40.8 Å². The number of aryl methyl sites for hydroxylation is 1. The number of carbonyl (C=O) groups is 1. The Morgan fingerprint density at radius 2 is 2.07 bits per heavy atom. The number of hydrogen-bond acceptors (Lipinski definition) is 6. The molecule has 0 atom stereocenters. The lowest BCUT2D eigenvalue weighted by atomic mass is 9.99. The van der Waals surface area contributed by atoms with Gasteiger partial charge in [0.25, 0.3) is 5.56 Å². The van der Waals surface area contributed by atoms with Crippen LogP contribution >= 0.6 is 11.6 Å². The number of nitrogens with zero attached hydrogens (tertiary/aromatic N) is 1. The molecule has 0 aliphatic carbocycles. The van der Waals surface area contributed by atoms with E-state index in [0.717, 1.165) is 12.0 Å². The van der Waals surface area contributed by atoms with Crippen molar-refractivity contribution in [2.45, 2.75) is 39.7 Å². The molecule has 0 spiro atoms. The average Bonchev–Trinajstić information content (AvgIpc) is 2.92. The van der Waals surface area contributed by atoms with Gasteiger partial charge in [0.1, 0.15) is 18.2 Å². The molecule has 1 aromatic heterocycles. The standard InChI is InChI=1S/C21H21ClN2O5/c1-12-15(13(2)24-21(26)16(12)10-23)4-5-19(25)29-11-14-8-17(22)20-18(9-14)27-6-3-7-28-20/h8-9H,3-7,11H2,1-2H3,(H,24,26). The molecule has 29 heavy (non-hydrogen) atoms. The van der Waals surface area contributed by atoms with Crippen LogP contribution in [0.3, 0.4) is 0 Å². The summed E-state index contributed by atoms with van der Waals surface area (Å²) in [7, 11) is 0. The fourth-order valence-corrected chi connectivity index (χ4v) is 3.54. The number of pyridine rings is 1. The number of esters is 1.